The standard InChI is InChI=1S/C17H23N3O4/c1-10(2)18-17(24)19-13-6-4-5-12(9-13)15(21)20-8-7-14(11(20)3)16(22)23/h4-6,9-11,14H,7-8H2,1-3H3,(H,22,23)(H2,18,19,24). The molecule has 0 radical (unpaired) electrons. The molecule has 1 aliphatic heterocycles. The van der Waals surface area contributed by atoms with Crippen LogP contribution in [0, 0.1) is 5.92 Å². The Hall–Kier alpha value is -2.57. The molecule has 1 heterocycles. The summed E-state index contributed by atoms with van der Waals surface area (Å²) >= 11 is 0. The van der Waals surface area contributed by atoms with Gasteiger partial charge in [0.2, 0.25) is 0 Å². The monoisotopic (exact) mass is 333 g/mol. The van der Waals surface area contributed by atoms with Crippen LogP contribution in [0.4, 0.5) is 10.5 Å². The first kappa shape index (κ1) is 17.8. The minimum Gasteiger partial charge on any atom is -0.481 e. The van der Waals surface area contributed by atoms with Crippen LogP contribution in [0.15, 0.2) is 24.3 Å². The van der Waals surface area contributed by atoms with Gasteiger partial charge in [-0.3, -0.25) is 9.59 Å². The number of likely N-dealkylation sites (tertiary alicyclic amines) is 1. The van der Waals surface area contributed by atoms with Crippen molar-refractivity contribution in [1.82, 2.24) is 10.2 Å². The van der Waals surface area contributed by atoms with Gasteiger partial charge in [-0.2, -0.15) is 0 Å². The van der Waals surface area contributed by atoms with Crippen LogP contribution in [0.3, 0.4) is 0 Å². The molecule has 1 fully saturated rings. The van der Waals surface area contributed by atoms with Gasteiger partial charge in [-0.25, -0.2) is 4.79 Å². The summed E-state index contributed by atoms with van der Waals surface area (Å²) in [4.78, 5) is 37.2. The first-order valence-corrected chi connectivity index (χ1v) is 8.01. The van der Waals surface area contributed by atoms with Crippen molar-refractivity contribution in [2.75, 3.05) is 11.9 Å². The average Bonchev–Trinajstić information content (AvgIpc) is 2.87. The lowest BCUT2D eigenvalue weighted by Crippen LogP contribution is -2.37. The molecule has 7 nitrogen and oxygen atoms in total. The fraction of sp³-hybridized carbons (Fsp3) is 0.471. The van der Waals surface area contributed by atoms with Crippen LogP contribution < -0.4 is 10.6 Å². The van der Waals surface area contributed by atoms with E-state index in [4.69, 9.17) is 0 Å². The van der Waals surface area contributed by atoms with Crippen LogP contribution in [0.5, 0.6) is 0 Å². The number of rotatable bonds is 4. The van der Waals surface area contributed by atoms with E-state index in [9.17, 15) is 19.5 Å². The maximum atomic E-state index is 12.6. The Morgan fingerprint density at radius 1 is 1.29 bits per heavy atom. The summed E-state index contributed by atoms with van der Waals surface area (Å²) in [5.74, 6) is -1.63. The van der Waals surface area contributed by atoms with Crippen molar-refractivity contribution >= 4 is 23.6 Å². The molecule has 3 amide bonds. The normalized spacial score (nSPS) is 20.1. The van der Waals surface area contributed by atoms with E-state index in [-0.39, 0.29) is 24.0 Å². The predicted molar refractivity (Wildman–Crippen MR) is 90.0 cm³/mol. The first-order chi connectivity index (χ1) is 11.3. The summed E-state index contributed by atoms with van der Waals surface area (Å²) in [5.41, 5.74) is 0.941. The minimum atomic E-state index is -0.876. The second kappa shape index (κ2) is 7.33. The second-order valence-electron chi connectivity index (χ2n) is 6.31. The lowest BCUT2D eigenvalue weighted by molar-refractivity contribution is -0.142. The van der Waals surface area contributed by atoms with Crippen molar-refractivity contribution in [3.63, 3.8) is 0 Å². The van der Waals surface area contributed by atoms with Crippen molar-refractivity contribution in [2.45, 2.75) is 39.3 Å². The van der Waals surface area contributed by atoms with Crippen LogP contribution in [0.2, 0.25) is 0 Å². The van der Waals surface area contributed by atoms with Crippen molar-refractivity contribution in [1.29, 1.82) is 0 Å². The van der Waals surface area contributed by atoms with Crippen LogP contribution >= 0.6 is 0 Å². The molecular formula is C17H23N3O4. The number of carboxylic acid groups (broad SMARTS) is 1. The maximum absolute atomic E-state index is 12.6. The molecule has 1 aromatic carbocycles. The SMILES string of the molecule is CC(C)NC(=O)Nc1cccc(C(=O)N2CCC(C(=O)O)C2C)c1. The molecule has 1 saturated heterocycles. The Morgan fingerprint density at radius 2 is 2.00 bits per heavy atom. The van der Waals surface area contributed by atoms with E-state index < -0.39 is 11.9 Å². The summed E-state index contributed by atoms with van der Waals surface area (Å²) in [6, 6.07) is 5.97. The molecule has 1 aliphatic rings. The van der Waals surface area contributed by atoms with Crippen molar-refractivity contribution in [2.24, 2.45) is 5.92 Å². The summed E-state index contributed by atoms with van der Waals surface area (Å²) in [6.45, 7) is 5.88. The molecular weight excluding hydrogens is 310 g/mol. The second-order valence-corrected chi connectivity index (χ2v) is 6.31. The first-order valence-electron chi connectivity index (χ1n) is 8.01. The number of hydrogen-bond donors (Lipinski definition) is 3. The minimum absolute atomic E-state index is 0.00761. The molecule has 0 bridgehead atoms. The summed E-state index contributed by atoms with van der Waals surface area (Å²) in [5, 5.41) is 14.6. The number of nitrogens with zero attached hydrogens (tertiary/aromatic N) is 1. The molecule has 2 atom stereocenters. The Kier molecular flexibility index (Phi) is 5.43. The number of anilines is 1. The molecule has 0 spiro atoms. The molecule has 1 aromatic rings. The van der Waals surface area contributed by atoms with E-state index in [1.54, 1.807) is 36.1 Å². The quantitative estimate of drug-likeness (QED) is 0.786. The predicted octanol–water partition coefficient (Wildman–Crippen LogP) is 2.15. The third-order valence-corrected chi connectivity index (χ3v) is 4.12. The number of hydrogen-bond acceptors (Lipinski definition) is 3. The number of nitrogens with one attached hydrogen (secondary N) is 2. The third-order valence-electron chi connectivity index (χ3n) is 4.12. The number of aliphatic carboxylic acids is 1. The molecule has 7 heteroatoms. The van der Waals surface area contributed by atoms with Gasteiger partial charge in [0.1, 0.15) is 0 Å². The average molecular weight is 333 g/mol. The van der Waals surface area contributed by atoms with E-state index >= 15 is 0 Å². The van der Waals surface area contributed by atoms with Gasteiger partial charge in [0.15, 0.2) is 0 Å². The zero-order valence-electron chi connectivity index (χ0n) is 14.1. The molecule has 0 aromatic heterocycles. The lowest BCUT2D eigenvalue weighted by Gasteiger charge is -2.23. The topological polar surface area (TPSA) is 98.7 Å². The van der Waals surface area contributed by atoms with E-state index in [0.29, 0.717) is 24.2 Å². The Morgan fingerprint density at radius 3 is 2.58 bits per heavy atom. The molecule has 24 heavy (non-hydrogen) atoms. The van der Waals surface area contributed by atoms with Crippen molar-refractivity contribution < 1.29 is 19.5 Å². The van der Waals surface area contributed by atoms with E-state index in [1.165, 1.54) is 0 Å². The van der Waals surface area contributed by atoms with E-state index in [0.717, 1.165) is 0 Å². The van der Waals surface area contributed by atoms with Crippen molar-refractivity contribution in [3.8, 4) is 0 Å². The summed E-state index contributed by atoms with van der Waals surface area (Å²) in [6.07, 6.45) is 0.455. The van der Waals surface area contributed by atoms with Gasteiger partial charge in [-0.05, 0) is 45.4 Å². The fourth-order valence-corrected chi connectivity index (χ4v) is 2.88. The maximum Gasteiger partial charge on any atom is 0.319 e. The molecule has 2 unspecified atom stereocenters. The van der Waals surface area contributed by atoms with Gasteiger partial charge in [-0.15, -0.1) is 0 Å². The third kappa shape index (κ3) is 4.04. The summed E-state index contributed by atoms with van der Waals surface area (Å²) < 4.78 is 0. The number of carboxylic acids is 1. The van der Waals surface area contributed by atoms with Crippen LogP contribution in [0.25, 0.3) is 0 Å². The lowest BCUT2D eigenvalue weighted by atomic mass is 10.0. The van der Waals surface area contributed by atoms with E-state index in [2.05, 4.69) is 10.6 Å². The van der Waals surface area contributed by atoms with Gasteiger partial charge < -0.3 is 20.6 Å². The van der Waals surface area contributed by atoms with Gasteiger partial charge >= 0.3 is 12.0 Å². The highest BCUT2D eigenvalue weighted by atomic mass is 16.4. The molecule has 0 aliphatic carbocycles. The van der Waals surface area contributed by atoms with Crippen LogP contribution in [-0.2, 0) is 4.79 Å². The Labute approximate surface area is 141 Å². The Bertz CT molecular complexity index is 644. The number of carbonyl (C=O) groups is 3. The van der Waals surface area contributed by atoms with Crippen molar-refractivity contribution in [3.05, 3.63) is 29.8 Å². The zero-order chi connectivity index (χ0) is 17.9. The van der Waals surface area contributed by atoms with Gasteiger partial charge in [-0.1, -0.05) is 6.07 Å². The molecule has 2 rings (SSSR count). The van der Waals surface area contributed by atoms with Gasteiger partial charge in [0.05, 0.1) is 5.92 Å². The highest BCUT2D eigenvalue weighted by Crippen LogP contribution is 2.26. The van der Waals surface area contributed by atoms with Gasteiger partial charge in [0, 0.05) is 29.9 Å². The molecule has 3 N–H and O–H groups in total. The Balaban J connectivity index is 2.09. The number of carbonyl (C=O) groups excluding carboxylic acids is 2. The molecule has 0 saturated carbocycles. The zero-order valence-corrected chi connectivity index (χ0v) is 14.1. The summed E-state index contributed by atoms with van der Waals surface area (Å²) in [7, 11) is 0. The van der Waals surface area contributed by atoms with E-state index in [1.807, 2.05) is 13.8 Å². The highest BCUT2D eigenvalue weighted by Gasteiger charge is 2.38. The van der Waals surface area contributed by atoms with Crippen LogP contribution in [0.1, 0.15) is 37.6 Å². The van der Waals surface area contributed by atoms with Crippen LogP contribution in [-0.4, -0.2) is 46.5 Å². The largest absolute Gasteiger partial charge is 0.481 e. The fourth-order valence-electron chi connectivity index (χ4n) is 2.88. The number of amides is 3. The highest BCUT2D eigenvalue weighted by molar-refractivity contribution is 5.97. The number of benzene rings is 1. The molecule has 130 valence electrons. The number of urea groups is 1. The van der Waals surface area contributed by atoms with Gasteiger partial charge in [0.25, 0.3) is 5.91 Å². The smallest absolute Gasteiger partial charge is 0.319 e.